The van der Waals surface area contributed by atoms with Crippen molar-refractivity contribution in [3.05, 3.63) is 5.89 Å². The third-order valence-corrected chi connectivity index (χ3v) is 7.97. The molecule has 1 amide bonds. The first kappa shape index (κ1) is 20.6. The van der Waals surface area contributed by atoms with Gasteiger partial charge in [-0.25, -0.2) is 8.42 Å². The van der Waals surface area contributed by atoms with Gasteiger partial charge in [0, 0.05) is 18.5 Å². The number of carbonyl (C=O) groups excluding carboxylic acids is 1. The zero-order valence-corrected chi connectivity index (χ0v) is 17.6. The Balaban J connectivity index is 1.56. The van der Waals surface area contributed by atoms with Crippen LogP contribution in [0.25, 0.3) is 0 Å². The summed E-state index contributed by atoms with van der Waals surface area (Å²) in [7, 11) is -3.02. The van der Waals surface area contributed by atoms with Crippen molar-refractivity contribution in [1.82, 2.24) is 15.1 Å². The van der Waals surface area contributed by atoms with E-state index in [0.717, 1.165) is 25.7 Å². The first-order valence-electron chi connectivity index (χ1n) is 9.94. The molecule has 1 aromatic heterocycles. The van der Waals surface area contributed by atoms with Crippen LogP contribution in [0.15, 0.2) is 9.64 Å². The highest BCUT2D eigenvalue weighted by Crippen LogP contribution is 2.33. The van der Waals surface area contributed by atoms with Crippen molar-refractivity contribution in [2.24, 2.45) is 0 Å². The molecule has 2 heterocycles. The number of carbonyl (C=O) groups is 1. The van der Waals surface area contributed by atoms with Crippen molar-refractivity contribution in [2.45, 2.75) is 75.5 Å². The zero-order valence-electron chi connectivity index (χ0n) is 15.9. The number of thioether (sulfide) groups is 1. The van der Waals surface area contributed by atoms with Gasteiger partial charge in [-0.2, -0.15) is 0 Å². The molecule has 0 N–H and O–H groups in total. The van der Waals surface area contributed by atoms with E-state index in [-0.39, 0.29) is 29.2 Å². The highest BCUT2D eigenvalue weighted by Gasteiger charge is 2.34. The second-order valence-corrected chi connectivity index (χ2v) is 10.7. The van der Waals surface area contributed by atoms with Crippen LogP contribution in [0, 0.1) is 0 Å². The first-order chi connectivity index (χ1) is 13.0. The van der Waals surface area contributed by atoms with E-state index in [4.69, 9.17) is 4.42 Å². The standard InChI is InChI=1S/C18H29N3O4S2/c1-2-3-10-21(15-9-11-27(23,24)13-15)16(22)12-26-18-20-19-17(25-18)14-7-5-4-6-8-14/h14-15H,2-13H2,1H3. The van der Waals surface area contributed by atoms with E-state index in [2.05, 4.69) is 17.1 Å². The molecule has 1 saturated heterocycles. The quantitative estimate of drug-likeness (QED) is 0.602. The van der Waals surface area contributed by atoms with Crippen LogP contribution >= 0.6 is 11.8 Å². The maximum atomic E-state index is 12.7. The monoisotopic (exact) mass is 415 g/mol. The number of rotatable bonds is 8. The van der Waals surface area contributed by atoms with E-state index in [0.29, 0.717) is 30.0 Å². The molecule has 7 nitrogen and oxygen atoms in total. The summed E-state index contributed by atoms with van der Waals surface area (Å²) < 4.78 is 29.4. The van der Waals surface area contributed by atoms with Gasteiger partial charge in [-0.15, -0.1) is 10.2 Å². The fraction of sp³-hybridized carbons (Fsp3) is 0.833. The molecule has 0 aromatic carbocycles. The Labute approximate surface area is 165 Å². The maximum absolute atomic E-state index is 12.7. The van der Waals surface area contributed by atoms with E-state index < -0.39 is 9.84 Å². The second-order valence-electron chi connectivity index (χ2n) is 7.53. The molecule has 0 spiro atoms. The lowest BCUT2D eigenvalue weighted by Crippen LogP contribution is -2.42. The lowest BCUT2D eigenvalue weighted by atomic mass is 9.89. The lowest BCUT2D eigenvalue weighted by Gasteiger charge is -2.28. The van der Waals surface area contributed by atoms with Crippen molar-refractivity contribution in [1.29, 1.82) is 0 Å². The highest BCUT2D eigenvalue weighted by molar-refractivity contribution is 7.99. The molecule has 1 aliphatic carbocycles. The minimum absolute atomic E-state index is 0.0482. The molecule has 2 fully saturated rings. The van der Waals surface area contributed by atoms with Crippen LogP contribution in [-0.4, -0.2) is 59.3 Å². The molecule has 1 atom stereocenters. The van der Waals surface area contributed by atoms with Gasteiger partial charge in [0.15, 0.2) is 9.84 Å². The smallest absolute Gasteiger partial charge is 0.277 e. The van der Waals surface area contributed by atoms with Gasteiger partial charge in [0.25, 0.3) is 5.22 Å². The summed E-state index contributed by atoms with van der Waals surface area (Å²) in [6.45, 7) is 2.67. The molecule has 1 aromatic rings. The Bertz CT molecular complexity index is 729. The van der Waals surface area contributed by atoms with E-state index in [1.54, 1.807) is 4.90 Å². The molecule has 27 heavy (non-hydrogen) atoms. The maximum Gasteiger partial charge on any atom is 0.277 e. The summed E-state index contributed by atoms with van der Waals surface area (Å²) >= 11 is 1.25. The number of hydrogen-bond acceptors (Lipinski definition) is 7. The van der Waals surface area contributed by atoms with Crippen molar-refractivity contribution in [3.8, 4) is 0 Å². The first-order valence-corrected chi connectivity index (χ1v) is 12.8. The largest absolute Gasteiger partial charge is 0.416 e. The number of amides is 1. The van der Waals surface area contributed by atoms with Crippen molar-refractivity contribution in [3.63, 3.8) is 0 Å². The number of aromatic nitrogens is 2. The van der Waals surface area contributed by atoms with Gasteiger partial charge in [0.05, 0.1) is 17.3 Å². The molecule has 1 saturated carbocycles. The molecule has 1 aliphatic heterocycles. The average Bonchev–Trinajstić information content (AvgIpc) is 3.27. The molecule has 0 bridgehead atoms. The fourth-order valence-corrected chi connectivity index (χ4v) is 6.25. The summed E-state index contributed by atoms with van der Waals surface area (Å²) in [6.07, 6.45) is 8.22. The highest BCUT2D eigenvalue weighted by atomic mass is 32.2. The van der Waals surface area contributed by atoms with E-state index >= 15 is 0 Å². The summed E-state index contributed by atoms with van der Waals surface area (Å²) in [5.74, 6) is 1.45. The van der Waals surface area contributed by atoms with Crippen LogP contribution < -0.4 is 0 Å². The Hall–Kier alpha value is -1.09. The summed E-state index contributed by atoms with van der Waals surface area (Å²) in [6, 6.07) is -0.199. The predicted octanol–water partition coefficient (Wildman–Crippen LogP) is 3.03. The number of hydrogen-bond donors (Lipinski definition) is 0. The van der Waals surface area contributed by atoms with Crippen LogP contribution in [0.4, 0.5) is 0 Å². The van der Waals surface area contributed by atoms with E-state index in [9.17, 15) is 13.2 Å². The van der Waals surface area contributed by atoms with E-state index in [1.807, 2.05) is 0 Å². The van der Waals surface area contributed by atoms with Crippen LogP contribution in [0.5, 0.6) is 0 Å². The SMILES string of the molecule is CCCCN(C(=O)CSc1nnc(C2CCCCC2)o1)C1CCS(=O)(=O)C1. The van der Waals surface area contributed by atoms with Gasteiger partial charge in [0.2, 0.25) is 11.8 Å². The van der Waals surface area contributed by atoms with Gasteiger partial charge >= 0.3 is 0 Å². The van der Waals surface area contributed by atoms with Crippen molar-refractivity contribution < 1.29 is 17.6 Å². The van der Waals surface area contributed by atoms with Crippen molar-refractivity contribution in [2.75, 3.05) is 23.8 Å². The van der Waals surface area contributed by atoms with Gasteiger partial charge in [-0.3, -0.25) is 4.79 Å². The third kappa shape index (κ3) is 5.70. The molecule has 9 heteroatoms. The Morgan fingerprint density at radius 1 is 1.22 bits per heavy atom. The zero-order chi connectivity index (χ0) is 19.3. The minimum atomic E-state index is -3.02. The van der Waals surface area contributed by atoms with Crippen LogP contribution in [0.3, 0.4) is 0 Å². The Morgan fingerprint density at radius 2 is 2.00 bits per heavy atom. The Morgan fingerprint density at radius 3 is 2.67 bits per heavy atom. The summed E-state index contributed by atoms with van der Waals surface area (Å²) in [4.78, 5) is 14.5. The molecule has 3 rings (SSSR count). The minimum Gasteiger partial charge on any atom is -0.416 e. The Kier molecular flexibility index (Phi) is 7.19. The average molecular weight is 416 g/mol. The number of unbranched alkanes of at least 4 members (excludes halogenated alkanes) is 1. The summed E-state index contributed by atoms with van der Waals surface area (Å²) in [5.41, 5.74) is 0. The van der Waals surface area contributed by atoms with Gasteiger partial charge in [0.1, 0.15) is 0 Å². The normalized spacial score (nSPS) is 22.8. The second kappa shape index (κ2) is 9.41. The molecular formula is C18H29N3O4S2. The lowest BCUT2D eigenvalue weighted by molar-refractivity contribution is -0.130. The van der Waals surface area contributed by atoms with Crippen molar-refractivity contribution >= 4 is 27.5 Å². The topological polar surface area (TPSA) is 93.4 Å². The molecule has 1 unspecified atom stereocenters. The number of sulfone groups is 1. The number of nitrogens with zero attached hydrogens (tertiary/aromatic N) is 3. The molecule has 0 radical (unpaired) electrons. The van der Waals surface area contributed by atoms with Gasteiger partial charge < -0.3 is 9.32 Å². The van der Waals surface area contributed by atoms with Gasteiger partial charge in [-0.05, 0) is 25.7 Å². The van der Waals surface area contributed by atoms with Crippen LogP contribution in [-0.2, 0) is 14.6 Å². The van der Waals surface area contributed by atoms with Gasteiger partial charge in [-0.1, -0.05) is 44.4 Å². The van der Waals surface area contributed by atoms with E-state index in [1.165, 1.54) is 31.0 Å². The third-order valence-electron chi connectivity index (χ3n) is 5.42. The van der Waals surface area contributed by atoms with Crippen LogP contribution in [0.1, 0.15) is 70.1 Å². The predicted molar refractivity (Wildman–Crippen MR) is 105 cm³/mol. The van der Waals surface area contributed by atoms with Crippen LogP contribution in [0.2, 0.25) is 0 Å². The fourth-order valence-electron chi connectivity index (χ4n) is 3.86. The summed E-state index contributed by atoms with van der Waals surface area (Å²) in [5, 5.41) is 8.68. The molecular weight excluding hydrogens is 386 g/mol. The molecule has 152 valence electrons. The molecule has 2 aliphatic rings.